The van der Waals surface area contributed by atoms with Crippen molar-refractivity contribution in [1.82, 2.24) is 4.90 Å². The smallest absolute Gasteiger partial charge is 0.316 e. The number of hydrogen-bond donors (Lipinski definition) is 1. The van der Waals surface area contributed by atoms with Crippen LogP contribution in [0.2, 0.25) is 0 Å². The molecule has 2 atom stereocenters. The number of aliphatic hydroxyl groups is 1. The molecule has 1 N–H and O–H groups in total. The number of likely N-dealkylation sites (N-methyl/N-ethyl adjacent to an activating group) is 1. The monoisotopic (exact) mass is 333 g/mol. The van der Waals surface area contributed by atoms with Gasteiger partial charge in [0.1, 0.15) is 12.5 Å². The molecule has 2 unspecified atom stereocenters. The number of carbonyl (C=O) groups is 1. The minimum absolute atomic E-state index is 0.200. The van der Waals surface area contributed by atoms with Gasteiger partial charge in [-0.25, -0.2) is 0 Å². The van der Waals surface area contributed by atoms with Crippen LogP contribution in [0.15, 0.2) is 30.3 Å². The van der Waals surface area contributed by atoms with E-state index in [4.69, 9.17) is 4.74 Å². The van der Waals surface area contributed by atoms with Crippen molar-refractivity contribution in [1.29, 1.82) is 0 Å². The third-order valence-electron chi connectivity index (χ3n) is 5.18. The first kappa shape index (κ1) is 18.9. The van der Waals surface area contributed by atoms with Gasteiger partial charge in [-0.2, -0.15) is 0 Å². The summed E-state index contributed by atoms with van der Waals surface area (Å²) in [6.07, 6.45) is 3.62. The van der Waals surface area contributed by atoms with E-state index in [1.54, 1.807) is 0 Å². The molecule has 4 heteroatoms. The molecule has 0 saturated heterocycles. The number of rotatable bonds is 9. The second-order valence-corrected chi connectivity index (χ2v) is 6.62. The highest BCUT2D eigenvalue weighted by molar-refractivity contribution is 5.79. The van der Waals surface area contributed by atoms with Gasteiger partial charge in [0.25, 0.3) is 0 Å². The molecule has 1 fully saturated rings. The Morgan fingerprint density at radius 2 is 1.83 bits per heavy atom. The van der Waals surface area contributed by atoms with Crippen molar-refractivity contribution in [2.45, 2.75) is 51.6 Å². The first-order chi connectivity index (χ1) is 11.7. The number of esters is 1. The molecular formula is C20H31NO3. The second kappa shape index (κ2) is 9.80. The van der Waals surface area contributed by atoms with Crippen molar-refractivity contribution < 1.29 is 14.6 Å². The van der Waals surface area contributed by atoms with Gasteiger partial charge in [-0.3, -0.25) is 4.79 Å². The van der Waals surface area contributed by atoms with Crippen molar-refractivity contribution in [2.75, 3.05) is 26.2 Å². The molecule has 134 valence electrons. The Hall–Kier alpha value is -1.39. The van der Waals surface area contributed by atoms with Gasteiger partial charge < -0.3 is 14.7 Å². The van der Waals surface area contributed by atoms with Crippen LogP contribution >= 0.6 is 0 Å². The van der Waals surface area contributed by atoms with E-state index in [0.29, 0.717) is 6.61 Å². The summed E-state index contributed by atoms with van der Waals surface area (Å²) in [6, 6.07) is 9.57. The van der Waals surface area contributed by atoms with E-state index >= 15 is 0 Å². The zero-order valence-corrected chi connectivity index (χ0v) is 15.0. The van der Waals surface area contributed by atoms with E-state index < -0.39 is 12.0 Å². The molecule has 1 aromatic carbocycles. The van der Waals surface area contributed by atoms with Crippen molar-refractivity contribution in [3.05, 3.63) is 35.9 Å². The third-order valence-corrected chi connectivity index (χ3v) is 5.18. The van der Waals surface area contributed by atoms with E-state index in [-0.39, 0.29) is 11.9 Å². The second-order valence-electron chi connectivity index (χ2n) is 6.62. The van der Waals surface area contributed by atoms with Gasteiger partial charge in [0, 0.05) is 6.54 Å². The van der Waals surface area contributed by atoms with Crippen molar-refractivity contribution in [2.24, 2.45) is 5.92 Å². The lowest BCUT2D eigenvalue weighted by Gasteiger charge is -2.27. The predicted octanol–water partition coefficient (Wildman–Crippen LogP) is 3.21. The summed E-state index contributed by atoms with van der Waals surface area (Å²) in [4.78, 5) is 14.9. The van der Waals surface area contributed by atoms with E-state index in [1.807, 2.05) is 30.3 Å². The SMILES string of the molecule is CCN(CC)CCOC(=O)C(c1ccccc1)C(O)C1CCCC1. The standard InChI is InChI=1S/C20H31NO3/c1-3-21(4-2)14-15-24-20(23)18(16-10-6-5-7-11-16)19(22)17-12-8-9-13-17/h5-7,10-11,17-19,22H,3-4,8-9,12-15H2,1-2H3. The van der Waals surface area contributed by atoms with Crippen molar-refractivity contribution in [3.63, 3.8) is 0 Å². The fraction of sp³-hybridized carbons (Fsp3) is 0.650. The molecule has 1 aliphatic rings. The van der Waals surface area contributed by atoms with Crippen molar-refractivity contribution in [3.8, 4) is 0 Å². The van der Waals surface area contributed by atoms with Crippen LogP contribution in [0.4, 0.5) is 0 Å². The van der Waals surface area contributed by atoms with E-state index in [9.17, 15) is 9.90 Å². The molecule has 0 aromatic heterocycles. The number of hydrogen-bond acceptors (Lipinski definition) is 4. The zero-order chi connectivity index (χ0) is 17.4. The van der Waals surface area contributed by atoms with Crippen LogP contribution in [0.25, 0.3) is 0 Å². The number of aliphatic hydroxyl groups excluding tert-OH is 1. The fourth-order valence-corrected chi connectivity index (χ4v) is 3.61. The molecule has 0 heterocycles. The molecule has 1 saturated carbocycles. The van der Waals surface area contributed by atoms with Crippen LogP contribution in [0.1, 0.15) is 51.0 Å². The van der Waals surface area contributed by atoms with Crippen LogP contribution in [0.5, 0.6) is 0 Å². The first-order valence-electron chi connectivity index (χ1n) is 9.29. The van der Waals surface area contributed by atoms with Gasteiger partial charge in [-0.05, 0) is 37.4 Å². The van der Waals surface area contributed by atoms with E-state index in [1.165, 1.54) is 0 Å². The summed E-state index contributed by atoms with van der Waals surface area (Å²) >= 11 is 0. The summed E-state index contributed by atoms with van der Waals surface area (Å²) in [6.45, 7) is 7.20. The van der Waals surface area contributed by atoms with Crippen LogP contribution in [0, 0.1) is 5.92 Å². The Kier molecular flexibility index (Phi) is 7.73. The van der Waals surface area contributed by atoms with E-state index in [2.05, 4.69) is 18.7 Å². The highest BCUT2D eigenvalue weighted by Gasteiger charge is 2.36. The summed E-state index contributed by atoms with van der Waals surface area (Å²) in [5, 5.41) is 10.8. The lowest BCUT2D eigenvalue weighted by molar-refractivity contribution is -0.149. The highest BCUT2D eigenvalue weighted by atomic mass is 16.5. The Morgan fingerprint density at radius 1 is 1.21 bits per heavy atom. The Balaban J connectivity index is 2.03. The number of benzene rings is 1. The quantitative estimate of drug-likeness (QED) is 0.705. The third kappa shape index (κ3) is 5.05. The molecule has 0 bridgehead atoms. The molecule has 1 aliphatic carbocycles. The lowest BCUT2D eigenvalue weighted by atomic mass is 9.85. The number of nitrogens with zero attached hydrogens (tertiary/aromatic N) is 1. The largest absolute Gasteiger partial charge is 0.464 e. The van der Waals surface area contributed by atoms with Gasteiger partial charge in [0.2, 0.25) is 0 Å². The van der Waals surface area contributed by atoms with Gasteiger partial charge in [0.05, 0.1) is 6.10 Å². The summed E-state index contributed by atoms with van der Waals surface area (Å²) in [5.74, 6) is -0.677. The number of carbonyl (C=O) groups excluding carboxylic acids is 1. The fourth-order valence-electron chi connectivity index (χ4n) is 3.61. The van der Waals surface area contributed by atoms with Crippen LogP contribution < -0.4 is 0 Å². The first-order valence-corrected chi connectivity index (χ1v) is 9.29. The van der Waals surface area contributed by atoms with Crippen LogP contribution in [0.3, 0.4) is 0 Å². The molecule has 4 nitrogen and oxygen atoms in total. The summed E-state index contributed by atoms with van der Waals surface area (Å²) < 4.78 is 5.53. The lowest BCUT2D eigenvalue weighted by Crippen LogP contribution is -2.34. The Labute approximate surface area is 145 Å². The maximum atomic E-state index is 12.7. The molecule has 0 amide bonds. The molecule has 1 aromatic rings. The Morgan fingerprint density at radius 3 is 2.42 bits per heavy atom. The van der Waals surface area contributed by atoms with Gasteiger partial charge in [0.15, 0.2) is 0 Å². The number of ether oxygens (including phenoxy) is 1. The maximum Gasteiger partial charge on any atom is 0.316 e. The average Bonchev–Trinajstić information content (AvgIpc) is 3.14. The minimum atomic E-state index is -0.657. The molecule has 2 rings (SSSR count). The minimum Gasteiger partial charge on any atom is -0.464 e. The average molecular weight is 333 g/mol. The zero-order valence-electron chi connectivity index (χ0n) is 15.0. The highest BCUT2D eigenvalue weighted by Crippen LogP contribution is 2.35. The predicted molar refractivity (Wildman–Crippen MR) is 95.9 cm³/mol. The van der Waals surface area contributed by atoms with Gasteiger partial charge >= 0.3 is 5.97 Å². The van der Waals surface area contributed by atoms with E-state index in [0.717, 1.165) is 50.9 Å². The van der Waals surface area contributed by atoms with Crippen LogP contribution in [-0.2, 0) is 9.53 Å². The normalized spacial score (nSPS) is 17.8. The topological polar surface area (TPSA) is 49.8 Å². The van der Waals surface area contributed by atoms with Crippen molar-refractivity contribution >= 4 is 5.97 Å². The van der Waals surface area contributed by atoms with Gasteiger partial charge in [-0.15, -0.1) is 0 Å². The summed E-state index contributed by atoms with van der Waals surface area (Å²) in [7, 11) is 0. The van der Waals surface area contributed by atoms with Gasteiger partial charge in [-0.1, -0.05) is 57.0 Å². The molecule has 24 heavy (non-hydrogen) atoms. The molecule has 0 aliphatic heterocycles. The molecular weight excluding hydrogens is 302 g/mol. The van der Waals surface area contributed by atoms with Crippen LogP contribution in [-0.4, -0.2) is 48.3 Å². The maximum absolute atomic E-state index is 12.7. The Bertz CT molecular complexity index is 481. The molecule has 0 spiro atoms. The molecule has 0 radical (unpaired) electrons. The summed E-state index contributed by atoms with van der Waals surface area (Å²) in [5.41, 5.74) is 0.852.